The predicted molar refractivity (Wildman–Crippen MR) is 73.4 cm³/mol. The number of carboxylic acids is 1. The Bertz CT molecular complexity index is 449. The van der Waals surface area contributed by atoms with Gasteiger partial charge in [0.25, 0.3) is 0 Å². The molecule has 0 fully saturated rings. The summed E-state index contributed by atoms with van der Waals surface area (Å²) in [6, 6.07) is 6.62. The molecule has 0 unspecified atom stereocenters. The highest BCUT2D eigenvalue weighted by molar-refractivity contribution is 5.89. The second-order valence-corrected chi connectivity index (χ2v) is 4.23. The van der Waals surface area contributed by atoms with Crippen molar-refractivity contribution in [3.8, 4) is 0 Å². The lowest BCUT2D eigenvalue weighted by Gasteiger charge is -2.17. The summed E-state index contributed by atoms with van der Waals surface area (Å²) in [7, 11) is 3.52. The molecule has 2 amide bonds. The van der Waals surface area contributed by atoms with Crippen LogP contribution in [0.2, 0.25) is 0 Å². The molecule has 19 heavy (non-hydrogen) atoms. The van der Waals surface area contributed by atoms with Crippen molar-refractivity contribution < 1.29 is 14.7 Å². The highest BCUT2D eigenvalue weighted by Crippen LogP contribution is 2.11. The van der Waals surface area contributed by atoms with Crippen LogP contribution in [0.3, 0.4) is 0 Å². The van der Waals surface area contributed by atoms with Crippen molar-refractivity contribution in [2.75, 3.05) is 32.5 Å². The van der Waals surface area contributed by atoms with Crippen molar-refractivity contribution in [2.45, 2.75) is 6.42 Å². The van der Waals surface area contributed by atoms with Crippen molar-refractivity contribution >= 4 is 17.7 Å². The lowest BCUT2D eigenvalue weighted by molar-refractivity contribution is -0.136. The van der Waals surface area contributed by atoms with E-state index in [4.69, 9.17) is 5.11 Å². The number of hydrogen-bond donors (Lipinski definition) is 3. The van der Waals surface area contributed by atoms with E-state index >= 15 is 0 Å². The third kappa shape index (κ3) is 5.39. The Labute approximate surface area is 112 Å². The number of rotatable bonds is 6. The van der Waals surface area contributed by atoms with Gasteiger partial charge < -0.3 is 20.6 Å². The highest BCUT2D eigenvalue weighted by Gasteiger charge is 2.08. The first-order valence-corrected chi connectivity index (χ1v) is 6.00. The van der Waals surface area contributed by atoms with Crippen molar-refractivity contribution in [3.63, 3.8) is 0 Å². The normalized spacial score (nSPS) is 10.0. The van der Waals surface area contributed by atoms with Gasteiger partial charge in [-0.2, -0.15) is 0 Å². The summed E-state index contributed by atoms with van der Waals surface area (Å²) in [5, 5.41) is 14.4. The third-order valence-corrected chi connectivity index (χ3v) is 2.58. The van der Waals surface area contributed by atoms with Crippen LogP contribution in [0.1, 0.15) is 5.56 Å². The molecule has 104 valence electrons. The Kier molecular flexibility index (Phi) is 5.81. The number of nitrogens with zero attached hydrogens (tertiary/aromatic N) is 1. The van der Waals surface area contributed by atoms with Gasteiger partial charge in [0.1, 0.15) is 0 Å². The highest BCUT2D eigenvalue weighted by atomic mass is 16.4. The number of carboxylic acid groups (broad SMARTS) is 1. The van der Waals surface area contributed by atoms with Crippen molar-refractivity contribution in [2.24, 2.45) is 0 Å². The van der Waals surface area contributed by atoms with Crippen LogP contribution >= 0.6 is 0 Å². The fourth-order valence-corrected chi connectivity index (χ4v) is 1.53. The largest absolute Gasteiger partial charge is 0.481 e. The van der Waals surface area contributed by atoms with Crippen LogP contribution in [-0.2, 0) is 11.2 Å². The van der Waals surface area contributed by atoms with Gasteiger partial charge in [0.05, 0.1) is 6.42 Å². The molecule has 1 rings (SSSR count). The second-order valence-electron chi connectivity index (χ2n) is 4.23. The Morgan fingerprint density at radius 1 is 1.37 bits per heavy atom. The predicted octanol–water partition coefficient (Wildman–Crippen LogP) is 0.997. The number of carbonyl (C=O) groups excluding carboxylic acids is 1. The maximum Gasteiger partial charge on any atom is 0.321 e. The van der Waals surface area contributed by atoms with E-state index in [9.17, 15) is 9.59 Å². The second kappa shape index (κ2) is 7.38. The van der Waals surface area contributed by atoms with Gasteiger partial charge in [0.15, 0.2) is 0 Å². The van der Waals surface area contributed by atoms with E-state index in [2.05, 4.69) is 10.6 Å². The first-order chi connectivity index (χ1) is 9.02. The number of benzene rings is 1. The Morgan fingerprint density at radius 3 is 2.74 bits per heavy atom. The average Bonchev–Trinajstić information content (AvgIpc) is 2.35. The summed E-state index contributed by atoms with van der Waals surface area (Å²) in [5.74, 6) is -0.894. The van der Waals surface area contributed by atoms with Crippen molar-refractivity contribution in [1.82, 2.24) is 10.2 Å². The molecule has 0 saturated carbocycles. The zero-order valence-electron chi connectivity index (χ0n) is 11.1. The van der Waals surface area contributed by atoms with Crippen molar-refractivity contribution in [3.05, 3.63) is 29.8 Å². The summed E-state index contributed by atoms with van der Waals surface area (Å²) >= 11 is 0. The molecule has 0 atom stereocenters. The average molecular weight is 265 g/mol. The van der Waals surface area contributed by atoms with Gasteiger partial charge in [-0.25, -0.2) is 4.79 Å². The monoisotopic (exact) mass is 265 g/mol. The minimum absolute atomic E-state index is 0.0562. The number of carbonyl (C=O) groups is 2. The number of amides is 2. The number of likely N-dealkylation sites (N-methyl/N-ethyl adjacent to an activating group) is 2. The maximum atomic E-state index is 11.8. The minimum atomic E-state index is -0.894. The molecule has 6 heteroatoms. The summed E-state index contributed by atoms with van der Waals surface area (Å²) in [6.07, 6.45) is -0.0562. The maximum absolute atomic E-state index is 11.8. The lowest BCUT2D eigenvalue weighted by atomic mass is 10.1. The molecule has 0 saturated heterocycles. The fourth-order valence-electron chi connectivity index (χ4n) is 1.53. The Hall–Kier alpha value is -2.08. The third-order valence-electron chi connectivity index (χ3n) is 2.58. The number of aliphatic carboxylic acids is 1. The van der Waals surface area contributed by atoms with E-state index in [0.29, 0.717) is 24.3 Å². The van der Waals surface area contributed by atoms with E-state index in [0.717, 1.165) is 0 Å². The van der Waals surface area contributed by atoms with Crippen LogP contribution in [0.25, 0.3) is 0 Å². The first kappa shape index (κ1) is 15.0. The molecule has 0 heterocycles. The zero-order chi connectivity index (χ0) is 14.3. The topological polar surface area (TPSA) is 81.7 Å². The van der Waals surface area contributed by atoms with Crippen LogP contribution < -0.4 is 10.6 Å². The van der Waals surface area contributed by atoms with Gasteiger partial charge in [-0.1, -0.05) is 12.1 Å². The molecule has 0 aliphatic carbocycles. The van der Waals surface area contributed by atoms with E-state index in [1.54, 1.807) is 36.2 Å². The van der Waals surface area contributed by atoms with Crippen LogP contribution in [-0.4, -0.2) is 49.2 Å². The molecular weight excluding hydrogens is 246 g/mol. The molecule has 0 aliphatic rings. The van der Waals surface area contributed by atoms with Crippen molar-refractivity contribution in [1.29, 1.82) is 0 Å². The smallest absolute Gasteiger partial charge is 0.321 e. The number of urea groups is 1. The van der Waals surface area contributed by atoms with E-state index < -0.39 is 5.97 Å². The number of anilines is 1. The van der Waals surface area contributed by atoms with E-state index in [1.165, 1.54) is 0 Å². The molecule has 1 aromatic rings. The molecule has 0 bridgehead atoms. The molecule has 3 N–H and O–H groups in total. The summed E-state index contributed by atoms with van der Waals surface area (Å²) < 4.78 is 0. The summed E-state index contributed by atoms with van der Waals surface area (Å²) in [6.45, 7) is 1.31. The Balaban J connectivity index is 2.61. The molecule has 0 aromatic heterocycles. The standard InChI is InChI=1S/C13H19N3O3/c1-14-6-7-16(2)13(19)15-11-5-3-4-10(8-11)9-12(17)18/h3-5,8,14H,6-7,9H2,1-2H3,(H,15,19)(H,17,18). The van der Waals surface area contributed by atoms with Gasteiger partial charge in [0.2, 0.25) is 0 Å². The summed E-state index contributed by atoms with van der Waals surface area (Å²) in [4.78, 5) is 24.0. The number of hydrogen-bond acceptors (Lipinski definition) is 3. The molecule has 6 nitrogen and oxygen atoms in total. The molecule has 0 spiro atoms. The fraction of sp³-hybridized carbons (Fsp3) is 0.385. The van der Waals surface area contributed by atoms with E-state index in [-0.39, 0.29) is 12.5 Å². The lowest BCUT2D eigenvalue weighted by Crippen LogP contribution is -2.35. The van der Waals surface area contributed by atoms with Gasteiger partial charge in [-0.15, -0.1) is 0 Å². The van der Waals surface area contributed by atoms with Gasteiger partial charge in [0, 0.05) is 25.8 Å². The van der Waals surface area contributed by atoms with Crippen LogP contribution in [0, 0.1) is 0 Å². The Morgan fingerprint density at radius 2 is 2.11 bits per heavy atom. The van der Waals surface area contributed by atoms with Gasteiger partial charge in [-0.05, 0) is 24.7 Å². The van der Waals surface area contributed by atoms with Crippen LogP contribution in [0.4, 0.5) is 10.5 Å². The van der Waals surface area contributed by atoms with Crippen LogP contribution in [0.5, 0.6) is 0 Å². The molecule has 0 radical (unpaired) electrons. The van der Waals surface area contributed by atoms with Gasteiger partial charge >= 0.3 is 12.0 Å². The SMILES string of the molecule is CNCCN(C)C(=O)Nc1cccc(CC(=O)O)c1. The zero-order valence-corrected chi connectivity index (χ0v) is 11.1. The quantitative estimate of drug-likeness (QED) is 0.716. The molecular formula is C13H19N3O3. The van der Waals surface area contributed by atoms with Gasteiger partial charge in [-0.3, -0.25) is 4.79 Å². The first-order valence-electron chi connectivity index (χ1n) is 6.00. The molecule has 1 aromatic carbocycles. The molecule has 0 aliphatic heterocycles. The summed E-state index contributed by atoms with van der Waals surface area (Å²) in [5.41, 5.74) is 1.25. The number of nitrogens with one attached hydrogen (secondary N) is 2. The van der Waals surface area contributed by atoms with E-state index in [1.807, 2.05) is 7.05 Å². The minimum Gasteiger partial charge on any atom is -0.481 e. The van der Waals surface area contributed by atoms with Crippen LogP contribution in [0.15, 0.2) is 24.3 Å².